The first-order chi connectivity index (χ1) is 9.12. The molecule has 0 spiro atoms. The fraction of sp³-hybridized carbons (Fsp3) is 0.429. The van der Waals surface area contributed by atoms with E-state index in [1.54, 1.807) is 19.2 Å². The van der Waals surface area contributed by atoms with E-state index in [1.165, 1.54) is 6.07 Å². The molecule has 1 N–H and O–H groups in total. The summed E-state index contributed by atoms with van der Waals surface area (Å²) in [6.45, 7) is 3.24. The van der Waals surface area contributed by atoms with Crippen molar-refractivity contribution < 1.29 is 9.18 Å². The molecule has 4 nitrogen and oxygen atoms in total. The number of hydrogen-bond acceptors (Lipinski definition) is 3. The van der Waals surface area contributed by atoms with Crippen molar-refractivity contribution in [1.82, 2.24) is 10.2 Å². The van der Waals surface area contributed by atoms with Crippen LogP contribution in [0.5, 0.6) is 0 Å². The van der Waals surface area contributed by atoms with E-state index in [4.69, 9.17) is 5.26 Å². The minimum Gasteiger partial charge on any atom is -0.358 e. The molecule has 0 aromatic heterocycles. The van der Waals surface area contributed by atoms with Crippen LogP contribution in [0.3, 0.4) is 0 Å². The average molecular weight is 263 g/mol. The molecule has 5 heteroatoms. The number of nitriles is 1. The Bertz CT molecular complexity index is 482. The van der Waals surface area contributed by atoms with Gasteiger partial charge in [0, 0.05) is 19.2 Å². The maximum Gasteiger partial charge on any atom is 0.233 e. The Morgan fingerprint density at radius 1 is 1.53 bits per heavy atom. The summed E-state index contributed by atoms with van der Waals surface area (Å²) in [5, 5.41) is 11.3. The third kappa shape index (κ3) is 4.34. The molecule has 19 heavy (non-hydrogen) atoms. The van der Waals surface area contributed by atoms with Crippen LogP contribution in [-0.4, -0.2) is 30.9 Å². The maximum atomic E-state index is 13.9. The van der Waals surface area contributed by atoms with Gasteiger partial charge in [-0.1, -0.05) is 19.1 Å². The highest BCUT2D eigenvalue weighted by atomic mass is 19.1. The van der Waals surface area contributed by atoms with Gasteiger partial charge in [-0.15, -0.1) is 0 Å². The normalized spacial score (nSPS) is 10.3. The topological polar surface area (TPSA) is 56.1 Å². The van der Waals surface area contributed by atoms with E-state index >= 15 is 0 Å². The van der Waals surface area contributed by atoms with Crippen molar-refractivity contribution in [3.8, 4) is 6.07 Å². The predicted octanol–water partition coefficient (Wildman–Crippen LogP) is 1.66. The molecule has 0 aliphatic carbocycles. The van der Waals surface area contributed by atoms with Crippen LogP contribution in [0.15, 0.2) is 18.2 Å². The van der Waals surface area contributed by atoms with Crippen LogP contribution >= 0.6 is 0 Å². The molecular formula is C14H18FN3O. The number of nitrogens with zero attached hydrogens (tertiary/aromatic N) is 2. The SMILES string of the molecule is CCCN(CC(=O)NC)Cc1cccc(C#N)c1F. The highest BCUT2D eigenvalue weighted by molar-refractivity contribution is 5.77. The minimum atomic E-state index is -0.497. The van der Waals surface area contributed by atoms with Crippen LogP contribution < -0.4 is 5.32 Å². The van der Waals surface area contributed by atoms with Gasteiger partial charge < -0.3 is 5.32 Å². The first-order valence-electron chi connectivity index (χ1n) is 6.22. The van der Waals surface area contributed by atoms with Crippen LogP contribution in [-0.2, 0) is 11.3 Å². The molecule has 0 heterocycles. The number of hydrogen-bond donors (Lipinski definition) is 1. The molecule has 0 radical (unpaired) electrons. The van der Waals surface area contributed by atoms with Gasteiger partial charge in [0.1, 0.15) is 11.9 Å². The van der Waals surface area contributed by atoms with Crippen molar-refractivity contribution >= 4 is 5.91 Å². The summed E-state index contributed by atoms with van der Waals surface area (Å²) < 4.78 is 13.9. The second kappa shape index (κ2) is 7.49. The van der Waals surface area contributed by atoms with Crippen LogP contribution in [0.25, 0.3) is 0 Å². The number of benzene rings is 1. The van der Waals surface area contributed by atoms with E-state index in [-0.39, 0.29) is 18.0 Å². The van der Waals surface area contributed by atoms with Gasteiger partial charge in [0.25, 0.3) is 0 Å². The summed E-state index contributed by atoms with van der Waals surface area (Å²) in [7, 11) is 1.57. The Kier molecular flexibility index (Phi) is 5.97. The third-order valence-corrected chi connectivity index (χ3v) is 2.78. The zero-order valence-electron chi connectivity index (χ0n) is 11.2. The molecule has 1 aromatic rings. The summed E-state index contributed by atoms with van der Waals surface area (Å²) in [5.41, 5.74) is 0.477. The molecule has 0 fully saturated rings. The Labute approximate surface area is 112 Å². The highest BCUT2D eigenvalue weighted by Crippen LogP contribution is 2.14. The lowest BCUT2D eigenvalue weighted by Crippen LogP contribution is -2.35. The van der Waals surface area contributed by atoms with E-state index < -0.39 is 5.82 Å². The van der Waals surface area contributed by atoms with Crippen LogP contribution in [0.1, 0.15) is 24.5 Å². The number of carbonyl (C=O) groups excluding carboxylic acids is 1. The van der Waals surface area contributed by atoms with Crippen molar-refractivity contribution in [3.63, 3.8) is 0 Å². The van der Waals surface area contributed by atoms with Crippen LogP contribution in [0.2, 0.25) is 0 Å². The predicted molar refractivity (Wildman–Crippen MR) is 70.7 cm³/mol. The van der Waals surface area contributed by atoms with Crippen molar-refractivity contribution in [2.24, 2.45) is 0 Å². The molecule has 1 rings (SSSR count). The molecule has 102 valence electrons. The molecule has 0 unspecified atom stereocenters. The summed E-state index contributed by atoms with van der Waals surface area (Å²) in [6.07, 6.45) is 0.872. The molecule has 0 saturated carbocycles. The lowest BCUT2D eigenvalue weighted by Gasteiger charge is -2.21. The number of nitrogens with one attached hydrogen (secondary N) is 1. The molecule has 1 amide bonds. The smallest absolute Gasteiger partial charge is 0.233 e. The summed E-state index contributed by atoms with van der Waals surface area (Å²) >= 11 is 0. The highest BCUT2D eigenvalue weighted by Gasteiger charge is 2.13. The van der Waals surface area contributed by atoms with Gasteiger partial charge in [-0.05, 0) is 19.0 Å². The molecule has 0 bridgehead atoms. The van der Waals surface area contributed by atoms with Crippen molar-refractivity contribution in [3.05, 3.63) is 35.1 Å². The lowest BCUT2D eigenvalue weighted by atomic mass is 10.1. The maximum absolute atomic E-state index is 13.9. The summed E-state index contributed by atoms with van der Waals surface area (Å²) in [4.78, 5) is 13.3. The second-order valence-electron chi connectivity index (χ2n) is 4.27. The van der Waals surface area contributed by atoms with Gasteiger partial charge in [0.2, 0.25) is 5.91 Å². The number of carbonyl (C=O) groups is 1. The summed E-state index contributed by atoms with van der Waals surface area (Å²) in [5.74, 6) is -0.603. The number of halogens is 1. The third-order valence-electron chi connectivity index (χ3n) is 2.78. The van der Waals surface area contributed by atoms with Crippen molar-refractivity contribution in [2.75, 3.05) is 20.1 Å². The fourth-order valence-electron chi connectivity index (χ4n) is 1.84. The standard InChI is InChI=1S/C14H18FN3O/c1-3-7-18(10-13(19)17-2)9-12-6-4-5-11(8-16)14(12)15/h4-6H,3,7,9-10H2,1-2H3,(H,17,19). The van der Waals surface area contributed by atoms with Gasteiger partial charge in [-0.25, -0.2) is 4.39 Å². The quantitative estimate of drug-likeness (QED) is 0.849. The van der Waals surface area contributed by atoms with E-state index in [0.717, 1.165) is 6.42 Å². The van der Waals surface area contributed by atoms with E-state index in [1.807, 2.05) is 17.9 Å². The van der Waals surface area contributed by atoms with Gasteiger partial charge in [0.15, 0.2) is 0 Å². The Hall–Kier alpha value is -1.93. The van der Waals surface area contributed by atoms with Gasteiger partial charge in [-0.2, -0.15) is 5.26 Å². The zero-order chi connectivity index (χ0) is 14.3. The fourth-order valence-corrected chi connectivity index (χ4v) is 1.84. The molecule has 0 atom stereocenters. The molecular weight excluding hydrogens is 245 g/mol. The van der Waals surface area contributed by atoms with E-state index in [2.05, 4.69) is 5.32 Å². The Morgan fingerprint density at radius 2 is 2.26 bits per heavy atom. The average Bonchev–Trinajstić information content (AvgIpc) is 2.41. The molecule has 0 aliphatic heterocycles. The molecule has 1 aromatic carbocycles. The van der Waals surface area contributed by atoms with Gasteiger partial charge in [-0.3, -0.25) is 9.69 Å². The minimum absolute atomic E-state index is 0.0360. The van der Waals surface area contributed by atoms with Crippen molar-refractivity contribution in [2.45, 2.75) is 19.9 Å². The number of likely N-dealkylation sites (N-methyl/N-ethyl adjacent to an activating group) is 1. The Morgan fingerprint density at radius 3 is 2.84 bits per heavy atom. The van der Waals surface area contributed by atoms with Crippen LogP contribution in [0, 0.1) is 17.1 Å². The molecule has 0 aliphatic rings. The zero-order valence-corrected chi connectivity index (χ0v) is 11.2. The second-order valence-corrected chi connectivity index (χ2v) is 4.27. The van der Waals surface area contributed by atoms with Crippen LogP contribution in [0.4, 0.5) is 4.39 Å². The largest absolute Gasteiger partial charge is 0.358 e. The number of rotatable bonds is 6. The number of amides is 1. The van der Waals surface area contributed by atoms with Crippen molar-refractivity contribution in [1.29, 1.82) is 5.26 Å². The van der Waals surface area contributed by atoms with E-state index in [9.17, 15) is 9.18 Å². The monoisotopic (exact) mass is 263 g/mol. The molecule has 0 saturated heterocycles. The van der Waals surface area contributed by atoms with E-state index in [0.29, 0.717) is 18.7 Å². The first-order valence-corrected chi connectivity index (χ1v) is 6.22. The summed E-state index contributed by atoms with van der Waals surface area (Å²) in [6, 6.07) is 6.56. The van der Waals surface area contributed by atoms with Gasteiger partial charge >= 0.3 is 0 Å². The lowest BCUT2D eigenvalue weighted by molar-refractivity contribution is -0.121. The Balaban J connectivity index is 2.85. The van der Waals surface area contributed by atoms with Gasteiger partial charge in [0.05, 0.1) is 12.1 Å². The first kappa shape index (κ1) is 15.1.